The number of rotatable bonds is 3. The average molecular weight is 387 g/mol. The number of hydrogen-bond donors (Lipinski definition) is 0. The Morgan fingerprint density at radius 2 is 1.52 bits per heavy atom. The molecular weight excluding hydrogens is 372 g/mol. The van der Waals surface area contributed by atoms with Crippen molar-refractivity contribution in [2.24, 2.45) is 0 Å². The molecule has 0 unspecified atom stereocenters. The monoisotopic (exact) mass is 386 g/mol. The first-order chi connectivity index (χ1) is 12.7. The molecule has 0 N–H and O–H groups in total. The molecule has 0 aromatic heterocycles. The quantitative estimate of drug-likeness (QED) is 0.346. The molecule has 1 fully saturated rings. The zero-order valence-corrected chi connectivity index (χ0v) is 15.3. The van der Waals surface area contributed by atoms with Gasteiger partial charge in [-0.3, -0.25) is 0 Å². The Hall–Kier alpha value is -3.12. The summed E-state index contributed by atoms with van der Waals surface area (Å²) in [6.45, 7) is 2.95. The maximum absolute atomic E-state index is 12.1. The van der Waals surface area contributed by atoms with E-state index in [1.54, 1.807) is 48.5 Å². The molecule has 0 aliphatic carbocycles. The highest BCUT2D eigenvalue weighted by Crippen LogP contribution is 2.25. The van der Waals surface area contributed by atoms with Gasteiger partial charge < -0.3 is 14.2 Å². The Balaban J connectivity index is 1.72. The lowest BCUT2D eigenvalue weighted by Gasteiger charge is -2.29. The van der Waals surface area contributed by atoms with Crippen LogP contribution in [0.15, 0.2) is 54.1 Å². The largest absolute Gasteiger partial charge is 0.423 e. The van der Waals surface area contributed by atoms with Gasteiger partial charge in [-0.1, -0.05) is 23.7 Å². The first kappa shape index (κ1) is 18.7. The summed E-state index contributed by atoms with van der Waals surface area (Å²) in [4.78, 5) is 36.0. The van der Waals surface area contributed by atoms with Gasteiger partial charge in [0.25, 0.3) is 5.79 Å². The van der Waals surface area contributed by atoms with Gasteiger partial charge in [0.1, 0.15) is 11.3 Å². The third-order valence-corrected chi connectivity index (χ3v) is 3.85. The molecule has 0 spiro atoms. The van der Waals surface area contributed by atoms with Crippen LogP contribution in [0.1, 0.15) is 29.8 Å². The molecule has 27 heavy (non-hydrogen) atoms. The number of ether oxygens (including phenoxy) is 3. The van der Waals surface area contributed by atoms with Crippen LogP contribution in [0.25, 0.3) is 6.08 Å². The summed E-state index contributed by atoms with van der Waals surface area (Å²) in [6, 6.07) is 12.6. The highest BCUT2D eigenvalue weighted by molar-refractivity contribution is 6.30. The van der Waals surface area contributed by atoms with Crippen molar-refractivity contribution in [2.75, 3.05) is 0 Å². The van der Waals surface area contributed by atoms with Crippen molar-refractivity contribution in [3.63, 3.8) is 0 Å². The average Bonchev–Trinajstić information content (AvgIpc) is 2.59. The van der Waals surface area contributed by atoms with E-state index >= 15 is 0 Å². The third-order valence-electron chi connectivity index (χ3n) is 3.60. The van der Waals surface area contributed by atoms with Crippen LogP contribution in [-0.2, 0) is 19.1 Å². The van der Waals surface area contributed by atoms with Gasteiger partial charge in [0, 0.05) is 18.9 Å². The number of carbonyl (C=O) groups excluding carboxylic acids is 3. The van der Waals surface area contributed by atoms with Gasteiger partial charge in [-0.25, -0.2) is 14.4 Å². The number of esters is 3. The molecule has 0 saturated carbocycles. The molecule has 1 heterocycles. The second-order valence-corrected chi connectivity index (χ2v) is 6.64. The minimum atomic E-state index is -1.29. The van der Waals surface area contributed by atoms with E-state index in [4.69, 9.17) is 25.8 Å². The van der Waals surface area contributed by atoms with Crippen molar-refractivity contribution >= 4 is 35.6 Å². The molecule has 2 aromatic carbocycles. The van der Waals surface area contributed by atoms with E-state index in [2.05, 4.69) is 0 Å². The highest BCUT2D eigenvalue weighted by Gasteiger charge is 2.38. The molecule has 0 amide bonds. The van der Waals surface area contributed by atoms with Crippen LogP contribution in [0.4, 0.5) is 0 Å². The fourth-order valence-corrected chi connectivity index (χ4v) is 2.46. The van der Waals surface area contributed by atoms with E-state index in [1.807, 2.05) is 0 Å². The van der Waals surface area contributed by atoms with E-state index in [-0.39, 0.29) is 5.57 Å². The maximum atomic E-state index is 12.1. The fraction of sp³-hybridized carbons (Fsp3) is 0.150. The predicted molar refractivity (Wildman–Crippen MR) is 97.1 cm³/mol. The Kier molecular flexibility index (Phi) is 5.01. The molecule has 3 rings (SSSR count). The second-order valence-electron chi connectivity index (χ2n) is 6.20. The summed E-state index contributed by atoms with van der Waals surface area (Å²) in [5.41, 5.74) is 0.700. The van der Waals surface area contributed by atoms with Crippen molar-refractivity contribution in [1.29, 1.82) is 0 Å². The fourth-order valence-electron chi connectivity index (χ4n) is 2.33. The lowest BCUT2D eigenvalue weighted by molar-refractivity contribution is -0.222. The predicted octanol–water partition coefficient (Wildman–Crippen LogP) is 3.78. The van der Waals surface area contributed by atoms with Crippen molar-refractivity contribution in [2.45, 2.75) is 19.6 Å². The van der Waals surface area contributed by atoms with Crippen LogP contribution in [0, 0.1) is 0 Å². The van der Waals surface area contributed by atoms with Crippen molar-refractivity contribution in [3.05, 3.63) is 70.3 Å². The van der Waals surface area contributed by atoms with Crippen LogP contribution in [-0.4, -0.2) is 23.7 Å². The molecule has 1 aliphatic rings. The van der Waals surface area contributed by atoms with Gasteiger partial charge in [0.15, 0.2) is 0 Å². The van der Waals surface area contributed by atoms with E-state index in [0.29, 0.717) is 21.9 Å². The van der Waals surface area contributed by atoms with Crippen LogP contribution in [0.3, 0.4) is 0 Å². The van der Waals surface area contributed by atoms with Crippen LogP contribution < -0.4 is 4.74 Å². The van der Waals surface area contributed by atoms with Crippen molar-refractivity contribution < 1.29 is 28.6 Å². The molecular formula is C20H15ClO6. The second kappa shape index (κ2) is 7.25. The lowest BCUT2D eigenvalue weighted by Crippen LogP contribution is -2.41. The normalized spacial score (nSPS) is 15.6. The van der Waals surface area contributed by atoms with E-state index in [1.165, 1.54) is 19.9 Å². The molecule has 0 radical (unpaired) electrons. The van der Waals surface area contributed by atoms with Crippen molar-refractivity contribution in [1.82, 2.24) is 0 Å². The summed E-state index contributed by atoms with van der Waals surface area (Å²) >= 11 is 5.79. The van der Waals surface area contributed by atoms with E-state index < -0.39 is 23.7 Å². The Bertz CT molecular complexity index is 904. The maximum Gasteiger partial charge on any atom is 0.348 e. The molecule has 138 valence electrons. The molecule has 0 atom stereocenters. The standard InChI is InChI=1S/C20H15ClO6/c1-20(2)26-18(23)16(19(24)27-20)11-12-3-9-15(10-4-12)25-17(22)13-5-7-14(21)8-6-13/h3-11H,1-2H3. The number of halogens is 1. The van der Waals surface area contributed by atoms with Crippen LogP contribution in [0.2, 0.25) is 5.02 Å². The van der Waals surface area contributed by atoms with Gasteiger partial charge in [-0.15, -0.1) is 0 Å². The molecule has 1 aliphatic heterocycles. The van der Waals surface area contributed by atoms with Crippen LogP contribution >= 0.6 is 11.6 Å². The zero-order valence-electron chi connectivity index (χ0n) is 14.5. The Morgan fingerprint density at radius 1 is 0.963 bits per heavy atom. The first-order valence-electron chi connectivity index (χ1n) is 8.00. The van der Waals surface area contributed by atoms with E-state index in [0.717, 1.165) is 0 Å². The minimum Gasteiger partial charge on any atom is -0.423 e. The van der Waals surface area contributed by atoms with Crippen molar-refractivity contribution in [3.8, 4) is 5.75 Å². The summed E-state index contributed by atoms with van der Waals surface area (Å²) < 4.78 is 15.3. The molecule has 1 saturated heterocycles. The summed E-state index contributed by atoms with van der Waals surface area (Å²) in [6.07, 6.45) is 1.35. The van der Waals surface area contributed by atoms with Gasteiger partial charge in [0.05, 0.1) is 5.56 Å². The summed E-state index contributed by atoms with van der Waals surface area (Å²) in [7, 11) is 0. The number of carbonyl (C=O) groups is 3. The number of benzene rings is 2. The molecule has 0 bridgehead atoms. The SMILES string of the molecule is CC1(C)OC(=O)C(=Cc2ccc(OC(=O)c3ccc(Cl)cc3)cc2)C(=O)O1. The topological polar surface area (TPSA) is 78.9 Å². The Labute approximate surface area is 160 Å². The summed E-state index contributed by atoms with van der Waals surface area (Å²) in [5, 5.41) is 0.520. The molecule has 7 heteroatoms. The smallest absolute Gasteiger partial charge is 0.348 e. The van der Waals surface area contributed by atoms with Gasteiger partial charge in [-0.2, -0.15) is 0 Å². The van der Waals surface area contributed by atoms with Crippen LogP contribution in [0.5, 0.6) is 5.75 Å². The zero-order chi connectivity index (χ0) is 19.6. The molecule has 6 nitrogen and oxygen atoms in total. The summed E-state index contributed by atoms with van der Waals surface area (Å²) in [5.74, 6) is -3.01. The number of cyclic esters (lactones) is 2. The Morgan fingerprint density at radius 3 is 2.07 bits per heavy atom. The highest BCUT2D eigenvalue weighted by atomic mass is 35.5. The number of hydrogen-bond acceptors (Lipinski definition) is 6. The van der Waals surface area contributed by atoms with E-state index in [9.17, 15) is 14.4 Å². The first-order valence-corrected chi connectivity index (χ1v) is 8.37. The van der Waals surface area contributed by atoms with Gasteiger partial charge >= 0.3 is 17.9 Å². The lowest BCUT2D eigenvalue weighted by atomic mass is 10.1. The molecule has 2 aromatic rings. The van der Waals surface area contributed by atoms with Gasteiger partial charge in [0.2, 0.25) is 0 Å². The van der Waals surface area contributed by atoms with Gasteiger partial charge in [-0.05, 0) is 48.0 Å². The third kappa shape index (κ3) is 4.54. The minimum absolute atomic E-state index is 0.208.